The monoisotopic (exact) mass is 574 g/mol. The third-order valence-corrected chi connectivity index (χ3v) is 8.77. The number of nitrogens with one attached hydrogen (secondary N) is 2. The van der Waals surface area contributed by atoms with Crippen LogP contribution in [0.2, 0.25) is 0 Å². The van der Waals surface area contributed by atoms with E-state index in [0.717, 1.165) is 22.3 Å². The van der Waals surface area contributed by atoms with E-state index in [1.807, 2.05) is 48.5 Å². The molecule has 6 nitrogen and oxygen atoms in total. The average Bonchev–Trinajstić information content (AvgIpc) is 2.89. The Kier molecular flexibility index (Phi) is 15.3. The molecule has 0 bridgehead atoms. The summed E-state index contributed by atoms with van der Waals surface area (Å²) < 4.78 is 0. The van der Waals surface area contributed by atoms with Crippen LogP contribution in [0.4, 0.5) is 5.69 Å². The summed E-state index contributed by atoms with van der Waals surface area (Å²) in [5, 5.41) is 7.62. The molecule has 0 spiro atoms. The smallest absolute Gasteiger partial charge is 0.235 e. The molecule has 2 heterocycles. The second-order valence-corrected chi connectivity index (χ2v) is 13.2. The predicted molar refractivity (Wildman–Crippen MR) is 162 cm³/mol. The summed E-state index contributed by atoms with van der Waals surface area (Å²) in [4.78, 5) is 31.6. The lowest BCUT2D eigenvalue weighted by Crippen LogP contribution is -2.28. The second-order valence-electron chi connectivity index (χ2n) is 8.55. The van der Waals surface area contributed by atoms with Gasteiger partial charge in [-0.15, -0.1) is 0 Å². The molecular weight excluding hydrogens is 541 g/mol. The first-order valence-corrected chi connectivity index (χ1v) is 16.5. The third-order valence-electron chi connectivity index (χ3n) is 4.51. The Morgan fingerprint density at radius 3 is 1.76 bits per heavy atom. The topological polar surface area (TPSA) is 84.0 Å². The van der Waals surface area contributed by atoms with Crippen molar-refractivity contribution >= 4 is 60.7 Å². The van der Waals surface area contributed by atoms with E-state index in [2.05, 4.69) is 60.4 Å². The SMILES string of the molecule is CC(C)CNC(=O)CSSc1ccccn1.CC(C)c1ccc(NC(=O)CSSc2ccccn2)cc1. The Bertz CT molecular complexity index is 1050. The zero-order chi connectivity index (χ0) is 26.9. The Labute approximate surface area is 236 Å². The van der Waals surface area contributed by atoms with Crippen molar-refractivity contribution in [2.45, 2.75) is 43.7 Å². The molecule has 10 heteroatoms. The number of carbonyl (C=O) groups excluding carboxylic acids is 2. The predicted octanol–water partition coefficient (Wildman–Crippen LogP) is 7.18. The Balaban J connectivity index is 0.000000271. The van der Waals surface area contributed by atoms with Gasteiger partial charge in [0.1, 0.15) is 10.1 Å². The highest BCUT2D eigenvalue weighted by atomic mass is 33.1. The van der Waals surface area contributed by atoms with Crippen LogP contribution in [0, 0.1) is 5.92 Å². The molecule has 0 aliphatic heterocycles. The molecule has 37 heavy (non-hydrogen) atoms. The van der Waals surface area contributed by atoms with E-state index in [4.69, 9.17) is 0 Å². The first-order chi connectivity index (χ1) is 17.8. The molecule has 2 N–H and O–H groups in total. The lowest BCUT2D eigenvalue weighted by atomic mass is 10.0. The van der Waals surface area contributed by atoms with Crippen LogP contribution in [-0.2, 0) is 9.59 Å². The van der Waals surface area contributed by atoms with Crippen molar-refractivity contribution in [3.63, 3.8) is 0 Å². The maximum Gasteiger partial charge on any atom is 0.235 e. The van der Waals surface area contributed by atoms with Gasteiger partial charge in [0.05, 0.1) is 11.5 Å². The van der Waals surface area contributed by atoms with Gasteiger partial charge in [-0.3, -0.25) is 9.59 Å². The van der Waals surface area contributed by atoms with Crippen molar-refractivity contribution < 1.29 is 9.59 Å². The number of carbonyl (C=O) groups is 2. The van der Waals surface area contributed by atoms with Crippen molar-refractivity contribution in [1.29, 1.82) is 0 Å². The molecule has 0 fully saturated rings. The highest BCUT2D eigenvalue weighted by Gasteiger charge is 2.06. The minimum atomic E-state index is 0.000674. The lowest BCUT2D eigenvalue weighted by Gasteiger charge is -2.08. The van der Waals surface area contributed by atoms with Crippen molar-refractivity contribution in [2.75, 3.05) is 23.4 Å². The van der Waals surface area contributed by atoms with Crippen LogP contribution in [0.15, 0.2) is 83.1 Å². The molecule has 0 aliphatic rings. The van der Waals surface area contributed by atoms with E-state index in [1.54, 1.807) is 12.4 Å². The number of amides is 2. The van der Waals surface area contributed by atoms with Crippen molar-refractivity contribution in [2.24, 2.45) is 5.92 Å². The molecule has 0 unspecified atom stereocenters. The third kappa shape index (κ3) is 14.4. The van der Waals surface area contributed by atoms with Gasteiger partial charge in [0.2, 0.25) is 11.8 Å². The zero-order valence-corrected chi connectivity index (χ0v) is 24.8. The molecule has 1 aromatic carbocycles. The van der Waals surface area contributed by atoms with Crippen LogP contribution in [0.5, 0.6) is 0 Å². The first kappa shape index (κ1) is 31.1. The molecule has 0 atom stereocenters. The fourth-order valence-electron chi connectivity index (χ4n) is 2.60. The number of hydrogen-bond donors (Lipinski definition) is 2. The number of aromatic nitrogens is 2. The van der Waals surface area contributed by atoms with Crippen LogP contribution < -0.4 is 10.6 Å². The molecule has 2 aromatic heterocycles. The van der Waals surface area contributed by atoms with Crippen LogP contribution in [0.25, 0.3) is 0 Å². The van der Waals surface area contributed by atoms with Crippen molar-refractivity contribution in [3.8, 4) is 0 Å². The molecule has 0 saturated heterocycles. The van der Waals surface area contributed by atoms with Crippen LogP contribution >= 0.6 is 43.2 Å². The van der Waals surface area contributed by atoms with Gasteiger partial charge in [-0.05, 0) is 75.4 Å². The summed E-state index contributed by atoms with van der Waals surface area (Å²) >= 11 is 0. The van der Waals surface area contributed by atoms with Gasteiger partial charge in [0, 0.05) is 24.6 Å². The lowest BCUT2D eigenvalue weighted by molar-refractivity contribution is -0.118. The number of benzene rings is 1. The fourth-order valence-corrected chi connectivity index (χ4v) is 6.13. The highest BCUT2D eigenvalue weighted by molar-refractivity contribution is 8.77. The summed E-state index contributed by atoms with van der Waals surface area (Å²) in [7, 11) is 6.03. The Morgan fingerprint density at radius 2 is 1.30 bits per heavy atom. The number of nitrogens with zero attached hydrogens (tertiary/aromatic N) is 2. The van der Waals surface area contributed by atoms with Crippen molar-refractivity contribution in [1.82, 2.24) is 15.3 Å². The maximum absolute atomic E-state index is 11.9. The largest absolute Gasteiger partial charge is 0.355 e. The van der Waals surface area contributed by atoms with E-state index in [9.17, 15) is 9.59 Å². The fraction of sp³-hybridized carbons (Fsp3) is 0.333. The summed E-state index contributed by atoms with van der Waals surface area (Å²) in [5.41, 5.74) is 2.11. The zero-order valence-electron chi connectivity index (χ0n) is 21.5. The van der Waals surface area contributed by atoms with Crippen LogP contribution in [-0.4, -0.2) is 39.8 Å². The van der Waals surface area contributed by atoms with Crippen LogP contribution in [0.3, 0.4) is 0 Å². The number of hydrogen-bond acceptors (Lipinski definition) is 8. The molecular formula is C27H34N4O2S4. The first-order valence-electron chi connectivity index (χ1n) is 11.9. The summed E-state index contributed by atoms with van der Waals surface area (Å²) in [6.45, 7) is 9.21. The van der Waals surface area contributed by atoms with E-state index in [1.165, 1.54) is 48.7 Å². The second kappa shape index (κ2) is 18.2. The molecule has 0 radical (unpaired) electrons. The quantitative estimate of drug-likeness (QED) is 0.220. The van der Waals surface area contributed by atoms with Gasteiger partial charge in [-0.1, -0.05) is 73.5 Å². The minimum Gasteiger partial charge on any atom is -0.355 e. The molecule has 2 amide bonds. The summed E-state index contributed by atoms with van der Waals surface area (Å²) in [6, 6.07) is 19.5. The molecule has 3 aromatic rings. The number of pyridine rings is 2. The van der Waals surface area contributed by atoms with Gasteiger partial charge in [0.25, 0.3) is 0 Å². The minimum absolute atomic E-state index is 0.000674. The van der Waals surface area contributed by atoms with E-state index >= 15 is 0 Å². The van der Waals surface area contributed by atoms with Gasteiger partial charge >= 0.3 is 0 Å². The van der Waals surface area contributed by atoms with Gasteiger partial charge in [0.15, 0.2) is 0 Å². The van der Waals surface area contributed by atoms with Crippen molar-refractivity contribution in [3.05, 3.63) is 78.6 Å². The average molecular weight is 575 g/mol. The highest BCUT2D eigenvalue weighted by Crippen LogP contribution is 2.29. The number of rotatable bonds is 12. The standard InChI is InChI=1S/C16H18N2OS2.C11H16N2OS2/c1-12(2)13-6-8-14(9-7-13)18-15(19)11-20-21-16-5-3-4-10-17-16;1-9(2)7-13-10(14)8-15-16-11-5-3-4-6-12-11/h3-10,12H,11H2,1-2H3,(H,18,19);3-6,9H,7-8H2,1-2H3,(H,13,14). The van der Waals surface area contributed by atoms with Crippen LogP contribution in [0.1, 0.15) is 39.2 Å². The summed E-state index contributed by atoms with van der Waals surface area (Å²) in [6.07, 6.45) is 3.50. The molecule has 0 aliphatic carbocycles. The molecule has 3 rings (SSSR count). The Morgan fingerprint density at radius 1 is 0.757 bits per heavy atom. The van der Waals surface area contributed by atoms with Gasteiger partial charge < -0.3 is 10.6 Å². The van der Waals surface area contributed by atoms with E-state index in [-0.39, 0.29) is 11.8 Å². The summed E-state index contributed by atoms with van der Waals surface area (Å²) in [5.74, 6) is 1.95. The van der Waals surface area contributed by atoms with E-state index < -0.39 is 0 Å². The van der Waals surface area contributed by atoms with Gasteiger partial charge in [-0.25, -0.2) is 9.97 Å². The normalized spacial score (nSPS) is 10.5. The Hall–Kier alpha value is -2.14. The molecule has 198 valence electrons. The number of anilines is 1. The molecule has 0 saturated carbocycles. The van der Waals surface area contributed by atoms with E-state index in [0.29, 0.717) is 23.3 Å². The maximum atomic E-state index is 11.9. The van der Waals surface area contributed by atoms with Gasteiger partial charge in [-0.2, -0.15) is 0 Å².